The standard InChI is InChI=1S/C27H25N3O3S/c1-3-33-21-15-13-19(14-16-21)29-26(32)22-23(28)25(24(31)18-7-5-4-6-8-18)34-27(22)30-20-11-9-17(2)10-12-20/h4-16,30H,3,28H2,1-2H3,(H,29,32). The van der Waals surface area contributed by atoms with Gasteiger partial charge in [-0.05, 0) is 50.2 Å². The average Bonchev–Trinajstić information content (AvgIpc) is 3.17. The lowest BCUT2D eigenvalue weighted by Gasteiger charge is -2.10. The lowest BCUT2D eigenvalue weighted by atomic mass is 10.1. The Labute approximate surface area is 202 Å². The van der Waals surface area contributed by atoms with Crippen LogP contribution in [0.2, 0.25) is 0 Å². The fourth-order valence-corrected chi connectivity index (χ4v) is 4.51. The molecular weight excluding hydrogens is 446 g/mol. The molecule has 0 atom stereocenters. The van der Waals surface area contributed by atoms with Gasteiger partial charge in [0.15, 0.2) is 0 Å². The Morgan fingerprint density at radius 2 is 1.56 bits per heavy atom. The quantitative estimate of drug-likeness (QED) is 0.264. The highest BCUT2D eigenvalue weighted by Gasteiger charge is 2.26. The summed E-state index contributed by atoms with van der Waals surface area (Å²) in [4.78, 5) is 26.8. The van der Waals surface area contributed by atoms with E-state index in [0.29, 0.717) is 33.5 Å². The molecule has 1 amide bonds. The molecule has 0 aliphatic carbocycles. The molecule has 4 rings (SSSR count). The van der Waals surface area contributed by atoms with Crippen molar-refractivity contribution in [3.8, 4) is 5.75 Å². The second-order valence-electron chi connectivity index (χ2n) is 7.65. The van der Waals surface area contributed by atoms with E-state index in [0.717, 1.165) is 11.3 Å². The molecule has 0 aliphatic heterocycles. The maximum atomic E-state index is 13.3. The van der Waals surface area contributed by atoms with Gasteiger partial charge < -0.3 is 21.1 Å². The van der Waals surface area contributed by atoms with Crippen molar-refractivity contribution in [2.24, 2.45) is 0 Å². The second kappa shape index (κ2) is 10.2. The summed E-state index contributed by atoms with van der Waals surface area (Å²) in [7, 11) is 0. The monoisotopic (exact) mass is 471 g/mol. The van der Waals surface area contributed by atoms with E-state index in [9.17, 15) is 9.59 Å². The van der Waals surface area contributed by atoms with Crippen LogP contribution in [0.25, 0.3) is 0 Å². The van der Waals surface area contributed by atoms with Gasteiger partial charge in [-0.3, -0.25) is 9.59 Å². The number of carbonyl (C=O) groups excluding carboxylic acids is 2. The molecule has 0 aliphatic rings. The molecule has 34 heavy (non-hydrogen) atoms. The molecule has 1 heterocycles. The summed E-state index contributed by atoms with van der Waals surface area (Å²) < 4.78 is 5.46. The van der Waals surface area contributed by atoms with Crippen LogP contribution in [-0.2, 0) is 0 Å². The van der Waals surface area contributed by atoms with Crippen LogP contribution < -0.4 is 21.1 Å². The van der Waals surface area contributed by atoms with Gasteiger partial charge in [-0.1, -0.05) is 48.0 Å². The highest BCUT2D eigenvalue weighted by Crippen LogP contribution is 2.39. The Balaban J connectivity index is 1.69. The average molecular weight is 472 g/mol. The summed E-state index contributed by atoms with van der Waals surface area (Å²) in [5.41, 5.74) is 9.80. The van der Waals surface area contributed by atoms with Gasteiger partial charge in [0.25, 0.3) is 5.91 Å². The van der Waals surface area contributed by atoms with E-state index >= 15 is 0 Å². The van der Waals surface area contributed by atoms with E-state index in [1.807, 2.05) is 44.2 Å². The maximum absolute atomic E-state index is 13.3. The predicted octanol–water partition coefficient (Wildman–Crippen LogP) is 6.26. The normalized spacial score (nSPS) is 10.5. The summed E-state index contributed by atoms with van der Waals surface area (Å²) in [6, 6.07) is 23.7. The number of amides is 1. The van der Waals surface area contributed by atoms with E-state index in [1.54, 1.807) is 48.5 Å². The van der Waals surface area contributed by atoms with Gasteiger partial charge in [0, 0.05) is 16.9 Å². The van der Waals surface area contributed by atoms with Gasteiger partial charge in [0.1, 0.15) is 15.6 Å². The first kappa shape index (κ1) is 23.1. The number of aryl methyl sites for hydroxylation is 1. The predicted molar refractivity (Wildman–Crippen MR) is 139 cm³/mol. The van der Waals surface area contributed by atoms with E-state index in [-0.39, 0.29) is 17.0 Å². The van der Waals surface area contributed by atoms with E-state index in [4.69, 9.17) is 10.5 Å². The first-order valence-corrected chi connectivity index (χ1v) is 11.7. The fraction of sp³-hybridized carbons (Fsp3) is 0.111. The van der Waals surface area contributed by atoms with Gasteiger partial charge >= 0.3 is 0 Å². The first-order chi connectivity index (χ1) is 16.5. The largest absolute Gasteiger partial charge is 0.494 e. The van der Waals surface area contributed by atoms with Crippen LogP contribution in [0, 0.1) is 6.92 Å². The van der Waals surface area contributed by atoms with Gasteiger partial charge in [0.05, 0.1) is 17.9 Å². The number of nitrogen functional groups attached to an aromatic ring is 1. The molecule has 3 aromatic carbocycles. The van der Waals surface area contributed by atoms with Crippen LogP contribution >= 0.6 is 11.3 Å². The number of carbonyl (C=O) groups is 2. The summed E-state index contributed by atoms with van der Waals surface area (Å²) in [6.45, 7) is 4.47. The fourth-order valence-electron chi connectivity index (χ4n) is 3.41. The van der Waals surface area contributed by atoms with Crippen molar-refractivity contribution in [3.05, 3.63) is 100 Å². The van der Waals surface area contributed by atoms with Crippen molar-refractivity contribution in [2.75, 3.05) is 23.0 Å². The highest BCUT2D eigenvalue weighted by molar-refractivity contribution is 7.19. The third kappa shape index (κ3) is 5.10. The summed E-state index contributed by atoms with van der Waals surface area (Å²) in [5, 5.41) is 6.65. The zero-order chi connectivity index (χ0) is 24.1. The molecule has 0 unspecified atom stereocenters. The molecule has 172 valence electrons. The molecule has 0 bridgehead atoms. The number of hydrogen-bond acceptors (Lipinski definition) is 6. The van der Waals surface area contributed by atoms with Crippen molar-refractivity contribution in [1.29, 1.82) is 0 Å². The molecule has 0 fully saturated rings. The highest BCUT2D eigenvalue weighted by atomic mass is 32.1. The minimum absolute atomic E-state index is 0.150. The molecule has 6 nitrogen and oxygen atoms in total. The number of thiophene rings is 1. The molecule has 0 saturated carbocycles. The lowest BCUT2D eigenvalue weighted by Crippen LogP contribution is -2.15. The van der Waals surface area contributed by atoms with Crippen molar-refractivity contribution >= 4 is 45.1 Å². The molecule has 4 aromatic rings. The molecule has 1 aromatic heterocycles. The van der Waals surface area contributed by atoms with Crippen LogP contribution in [0.15, 0.2) is 78.9 Å². The summed E-state index contributed by atoms with van der Waals surface area (Å²) in [6.07, 6.45) is 0. The number of ether oxygens (including phenoxy) is 1. The Morgan fingerprint density at radius 1 is 0.912 bits per heavy atom. The zero-order valence-corrected chi connectivity index (χ0v) is 19.7. The van der Waals surface area contributed by atoms with Gasteiger partial charge in [0.2, 0.25) is 5.78 Å². The lowest BCUT2D eigenvalue weighted by molar-refractivity contribution is 0.102. The molecular formula is C27H25N3O3S. The molecule has 0 radical (unpaired) electrons. The van der Waals surface area contributed by atoms with Gasteiger partial charge in [-0.2, -0.15) is 0 Å². The van der Waals surface area contributed by atoms with Crippen LogP contribution in [0.5, 0.6) is 5.75 Å². The Morgan fingerprint density at radius 3 is 2.21 bits per heavy atom. The van der Waals surface area contributed by atoms with Crippen molar-refractivity contribution in [2.45, 2.75) is 13.8 Å². The van der Waals surface area contributed by atoms with Crippen LogP contribution in [0.4, 0.5) is 22.1 Å². The summed E-state index contributed by atoms with van der Waals surface area (Å²) in [5.74, 6) is 0.0859. The Kier molecular flexibility index (Phi) is 6.94. The number of nitrogens with two attached hydrogens (primary N) is 1. The smallest absolute Gasteiger partial charge is 0.260 e. The molecule has 0 spiro atoms. The summed E-state index contributed by atoms with van der Waals surface area (Å²) >= 11 is 1.17. The number of ketones is 1. The Hall–Kier alpha value is -4.10. The third-order valence-corrected chi connectivity index (χ3v) is 6.27. The van der Waals surface area contributed by atoms with Crippen molar-refractivity contribution in [1.82, 2.24) is 0 Å². The number of rotatable bonds is 8. The third-order valence-electron chi connectivity index (χ3n) is 5.15. The molecule has 7 heteroatoms. The minimum Gasteiger partial charge on any atom is -0.494 e. The van der Waals surface area contributed by atoms with Crippen molar-refractivity contribution in [3.63, 3.8) is 0 Å². The van der Waals surface area contributed by atoms with E-state index < -0.39 is 5.91 Å². The maximum Gasteiger partial charge on any atom is 0.260 e. The number of benzene rings is 3. The molecule has 0 saturated heterocycles. The van der Waals surface area contributed by atoms with Gasteiger partial charge in [-0.15, -0.1) is 11.3 Å². The number of hydrogen-bond donors (Lipinski definition) is 3. The van der Waals surface area contributed by atoms with Crippen LogP contribution in [0.1, 0.15) is 38.1 Å². The van der Waals surface area contributed by atoms with Crippen LogP contribution in [-0.4, -0.2) is 18.3 Å². The number of nitrogens with one attached hydrogen (secondary N) is 2. The van der Waals surface area contributed by atoms with E-state index in [2.05, 4.69) is 10.6 Å². The number of anilines is 4. The SMILES string of the molecule is CCOc1ccc(NC(=O)c2c(Nc3ccc(C)cc3)sc(C(=O)c3ccccc3)c2N)cc1. The molecule has 4 N–H and O–H groups in total. The Bertz CT molecular complexity index is 1300. The van der Waals surface area contributed by atoms with E-state index in [1.165, 1.54) is 11.3 Å². The minimum atomic E-state index is -0.403. The first-order valence-electron chi connectivity index (χ1n) is 10.9. The zero-order valence-electron chi connectivity index (χ0n) is 18.9. The van der Waals surface area contributed by atoms with Crippen molar-refractivity contribution < 1.29 is 14.3 Å². The van der Waals surface area contributed by atoms with Gasteiger partial charge in [-0.25, -0.2) is 0 Å². The van der Waals surface area contributed by atoms with Crippen LogP contribution in [0.3, 0.4) is 0 Å². The topological polar surface area (TPSA) is 93.5 Å². The second-order valence-corrected chi connectivity index (χ2v) is 8.67.